The maximum absolute atomic E-state index is 14.1. The van der Waals surface area contributed by atoms with Gasteiger partial charge in [-0.25, -0.2) is 0 Å². The van der Waals surface area contributed by atoms with Crippen molar-refractivity contribution in [3.05, 3.63) is 119 Å². The number of methoxy groups -OCH3 is 4. The first-order chi connectivity index (χ1) is 21.4. The highest BCUT2D eigenvalue weighted by atomic mass is 16.5. The van der Waals surface area contributed by atoms with Gasteiger partial charge in [0.2, 0.25) is 11.8 Å². The summed E-state index contributed by atoms with van der Waals surface area (Å²) in [6, 6.07) is 29.9. The molecule has 0 aromatic heterocycles. The largest absolute Gasteiger partial charge is 0.493 e. The molecule has 0 aliphatic heterocycles. The number of ether oxygens (including phenoxy) is 4. The van der Waals surface area contributed by atoms with E-state index in [1.807, 2.05) is 84.9 Å². The molecule has 2 amide bonds. The van der Waals surface area contributed by atoms with E-state index in [1.165, 1.54) is 0 Å². The maximum Gasteiger partial charge on any atom is 0.243 e. The molecule has 0 bridgehead atoms. The van der Waals surface area contributed by atoms with Crippen LogP contribution in [0.25, 0.3) is 0 Å². The third-order valence-electron chi connectivity index (χ3n) is 7.43. The monoisotopic (exact) mass is 596 g/mol. The predicted octanol–water partition coefficient (Wildman–Crippen LogP) is 5.26. The molecule has 0 radical (unpaired) electrons. The van der Waals surface area contributed by atoms with Crippen molar-refractivity contribution in [1.29, 1.82) is 0 Å². The van der Waals surface area contributed by atoms with E-state index in [0.29, 0.717) is 42.4 Å². The van der Waals surface area contributed by atoms with E-state index in [2.05, 4.69) is 5.32 Å². The fraction of sp³-hybridized carbons (Fsp3) is 0.278. The minimum atomic E-state index is -0.740. The Kier molecular flexibility index (Phi) is 11.6. The van der Waals surface area contributed by atoms with Crippen molar-refractivity contribution >= 4 is 11.8 Å². The molecule has 44 heavy (non-hydrogen) atoms. The molecule has 0 aliphatic rings. The Morgan fingerprint density at radius 1 is 0.636 bits per heavy atom. The van der Waals surface area contributed by atoms with Crippen molar-refractivity contribution < 1.29 is 28.5 Å². The number of hydrogen-bond donors (Lipinski definition) is 1. The summed E-state index contributed by atoms with van der Waals surface area (Å²) in [5, 5.41) is 3.09. The van der Waals surface area contributed by atoms with Crippen LogP contribution in [-0.4, -0.2) is 57.7 Å². The number of nitrogens with zero attached hydrogens (tertiary/aromatic N) is 1. The highest BCUT2D eigenvalue weighted by Crippen LogP contribution is 2.29. The summed E-state index contributed by atoms with van der Waals surface area (Å²) >= 11 is 0. The molecule has 1 N–H and O–H groups in total. The van der Waals surface area contributed by atoms with Gasteiger partial charge in [-0.3, -0.25) is 9.59 Å². The number of nitrogens with one attached hydrogen (secondary N) is 1. The van der Waals surface area contributed by atoms with Gasteiger partial charge in [-0.05, 0) is 52.9 Å². The van der Waals surface area contributed by atoms with Gasteiger partial charge < -0.3 is 29.2 Å². The molecule has 0 saturated heterocycles. The molecule has 0 unspecified atom stereocenters. The summed E-state index contributed by atoms with van der Waals surface area (Å²) in [4.78, 5) is 29.7. The van der Waals surface area contributed by atoms with Crippen LogP contribution in [0.15, 0.2) is 97.1 Å². The number of benzene rings is 4. The van der Waals surface area contributed by atoms with Gasteiger partial charge in [-0.2, -0.15) is 0 Å². The Labute approximate surface area is 259 Å². The van der Waals surface area contributed by atoms with Crippen LogP contribution < -0.4 is 24.3 Å². The zero-order chi connectivity index (χ0) is 31.3. The second-order valence-corrected chi connectivity index (χ2v) is 10.3. The van der Waals surface area contributed by atoms with Crippen molar-refractivity contribution in [2.24, 2.45) is 0 Å². The molecule has 230 valence electrons. The summed E-state index contributed by atoms with van der Waals surface area (Å²) in [7, 11) is 6.33. The molecule has 0 saturated carbocycles. The van der Waals surface area contributed by atoms with Crippen molar-refractivity contribution in [1.82, 2.24) is 10.2 Å². The summed E-state index contributed by atoms with van der Waals surface area (Å²) in [5.41, 5.74) is 3.65. The Bertz CT molecular complexity index is 1510. The van der Waals surface area contributed by atoms with Gasteiger partial charge in [0.05, 0.1) is 34.9 Å². The zero-order valence-electron chi connectivity index (χ0n) is 25.7. The molecular formula is C36H40N2O6. The molecule has 4 rings (SSSR count). The fourth-order valence-corrected chi connectivity index (χ4v) is 5.08. The van der Waals surface area contributed by atoms with Crippen molar-refractivity contribution in [2.75, 3.05) is 35.0 Å². The number of hydrogen-bond acceptors (Lipinski definition) is 6. The quantitative estimate of drug-likeness (QED) is 0.202. The Balaban J connectivity index is 1.60. The molecule has 8 nitrogen and oxygen atoms in total. The molecule has 4 aromatic rings. The third-order valence-corrected chi connectivity index (χ3v) is 7.43. The second-order valence-electron chi connectivity index (χ2n) is 10.3. The normalized spacial score (nSPS) is 11.3. The van der Waals surface area contributed by atoms with Crippen molar-refractivity contribution in [2.45, 2.75) is 31.8 Å². The summed E-state index contributed by atoms with van der Waals surface area (Å²) in [6.45, 7) is 0.677. The van der Waals surface area contributed by atoms with E-state index >= 15 is 0 Å². The van der Waals surface area contributed by atoms with Crippen LogP contribution in [0.5, 0.6) is 23.0 Å². The molecule has 0 spiro atoms. The Morgan fingerprint density at radius 2 is 1.16 bits per heavy atom. The number of carbonyl (C=O) groups is 2. The van der Waals surface area contributed by atoms with E-state index in [0.717, 1.165) is 22.3 Å². The van der Waals surface area contributed by atoms with Gasteiger partial charge in [0.25, 0.3) is 0 Å². The SMILES string of the molecule is COc1ccc(CCNC(=O)[C@@H](Cc2ccccc2)N(Cc2ccccc2)C(=O)Cc2ccc(OC)c(OC)c2)cc1OC. The van der Waals surface area contributed by atoms with Crippen LogP contribution in [-0.2, 0) is 35.4 Å². The average Bonchev–Trinajstić information content (AvgIpc) is 3.06. The van der Waals surface area contributed by atoms with E-state index in [4.69, 9.17) is 18.9 Å². The minimum Gasteiger partial charge on any atom is -0.493 e. The molecule has 4 aromatic carbocycles. The van der Waals surface area contributed by atoms with Gasteiger partial charge >= 0.3 is 0 Å². The lowest BCUT2D eigenvalue weighted by Crippen LogP contribution is -2.51. The third kappa shape index (κ3) is 8.53. The lowest BCUT2D eigenvalue weighted by molar-refractivity contribution is -0.140. The van der Waals surface area contributed by atoms with E-state index < -0.39 is 6.04 Å². The molecule has 0 aliphatic carbocycles. The Hall–Kier alpha value is -4.98. The van der Waals surface area contributed by atoms with Crippen LogP contribution in [0.3, 0.4) is 0 Å². The lowest BCUT2D eigenvalue weighted by atomic mass is 10.0. The highest BCUT2D eigenvalue weighted by molar-refractivity contribution is 5.89. The van der Waals surface area contributed by atoms with E-state index in [1.54, 1.807) is 45.5 Å². The zero-order valence-corrected chi connectivity index (χ0v) is 25.7. The lowest BCUT2D eigenvalue weighted by Gasteiger charge is -2.32. The standard InChI is InChI=1S/C36H40N2O6/c1-41-31-17-15-27(22-33(31)43-3)19-20-37-36(40)30(21-26-11-7-5-8-12-26)38(25-28-13-9-6-10-14-28)35(39)24-29-16-18-32(42-2)34(23-29)44-4/h5-18,22-23,30H,19-21,24-25H2,1-4H3,(H,37,40)/t30-/m1/s1. The van der Waals surface area contributed by atoms with E-state index in [9.17, 15) is 9.59 Å². The van der Waals surface area contributed by atoms with Crippen molar-refractivity contribution in [3.63, 3.8) is 0 Å². The maximum atomic E-state index is 14.1. The van der Waals surface area contributed by atoms with E-state index in [-0.39, 0.29) is 24.8 Å². The van der Waals surface area contributed by atoms with Crippen molar-refractivity contribution in [3.8, 4) is 23.0 Å². The molecule has 8 heteroatoms. The van der Waals surface area contributed by atoms with Crippen LogP contribution in [0.2, 0.25) is 0 Å². The second kappa shape index (κ2) is 16.0. The van der Waals surface area contributed by atoms with Crippen LogP contribution in [0.1, 0.15) is 22.3 Å². The van der Waals surface area contributed by atoms with Crippen LogP contribution in [0, 0.1) is 0 Å². The molecule has 0 fully saturated rings. The summed E-state index contributed by atoms with van der Waals surface area (Å²) in [5.74, 6) is 2.02. The van der Waals surface area contributed by atoms with Gasteiger partial charge in [-0.1, -0.05) is 72.8 Å². The first kappa shape index (κ1) is 31.9. The highest BCUT2D eigenvalue weighted by Gasteiger charge is 2.30. The minimum absolute atomic E-state index is 0.0946. The van der Waals surface area contributed by atoms with Gasteiger partial charge in [-0.15, -0.1) is 0 Å². The number of rotatable bonds is 15. The molecular weight excluding hydrogens is 556 g/mol. The molecule has 0 heterocycles. The first-order valence-electron chi connectivity index (χ1n) is 14.5. The number of carbonyl (C=O) groups excluding carboxylic acids is 2. The number of amides is 2. The van der Waals surface area contributed by atoms with Gasteiger partial charge in [0.1, 0.15) is 6.04 Å². The fourth-order valence-electron chi connectivity index (χ4n) is 5.08. The smallest absolute Gasteiger partial charge is 0.243 e. The average molecular weight is 597 g/mol. The van der Waals surface area contributed by atoms with Gasteiger partial charge in [0, 0.05) is 19.5 Å². The predicted molar refractivity (Wildman–Crippen MR) is 170 cm³/mol. The van der Waals surface area contributed by atoms with Gasteiger partial charge in [0.15, 0.2) is 23.0 Å². The Morgan fingerprint density at radius 3 is 1.73 bits per heavy atom. The first-order valence-corrected chi connectivity index (χ1v) is 14.5. The summed E-state index contributed by atoms with van der Waals surface area (Å²) in [6.07, 6.45) is 1.05. The molecule has 1 atom stereocenters. The van der Waals surface area contributed by atoms with Crippen LogP contribution >= 0.6 is 0 Å². The summed E-state index contributed by atoms with van der Waals surface area (Å²) < 4.78 is 21.6. The topological polar surface area (TPSA) is 86.3 Å². The van der Waals surface area contributed by atoms with Crippen LogP contribution in [0.4, 0.5) is 0 Å².